The quantitative estimate of drug-likeness (QED) is 0.762. The van der Waals surface area contributed by atoms with Crippen LogP contribution in [-0.2, 0) is 9.47 Å². The van der Waals surface area contributed by atoms with E-state index in [-0.39, 0.29) is 12.2 Å². The van der Waals surface area contributed by atoms with Crippen LogP contribution in [0.4, 0.5) is 9.59 Å². The van der Waals surface area contributed by atoms with E-state index in [4.69, 9.17) is 9.47 Å². The lowest BCUT2D eigenvalue weighted by Gasteiger charge is -2.28. The van der Waals surface area contributed by atoms with Crippen LogP contribution < -0.4 is 5.43 Å². The molecule has 0 saturated carbocycles. The second kappa shape index (κ2) is 6.95. The zero-order chi connectivity index (χ0) is 13.6. The second-order valence-corrected chi connectivity index (χ2v) is 4.16. The molecule has 2 amide bonds. The van der Waals surface area contributed by atoms with Crippen molar-refractivity contribution in [3.63, 3.8) is 0 Å². The number of carbonyl (C=O) groups is 2. The molecule has 100 valence electrons. The van der Waals surface area contributed by atoms with Gasteiger partial charge in [-0.3, -0.25) is 0 Å². The first kappa shape index (κ1) is 15.5. The zero-order valence-corrected chi connectivity index (χ0v) is 11.2. The van der Waals surface area contributed by atoms with Crippen molar-refractivity contribution in [3.05, 3.63) is 0 Å². The van der Waals surface area contributed by atoms with Crippen molar-refractivity contribution >= 4 is 12.2 Å². The van der Waals surface area contributed by atoms with Crippen molar-refractivity contribution in [1.29, 1.82) is 0 Å². The van der Waals surface area contributed by atoms with Gasteiger partial charge in [-0.15, -0.1) is 5.12 Å². The zero-order valence-electron chi connectivity index (χ0n) is 11.2. The first-order valence-electron chi connectivity index (χ1n) is 5.39. The number of rotatable bonds is 3. The Morgan fingerprint density at radius 3 is 1.82 bits per heavy atom. The van der Waals surface area contributed by atoms with E-state index in [0.717, 1.165) is 5.12 Å². The van der Waals surface area contributed by atoms with E-state index in [0.29, 0.717) is 0 Å². The van der Waals surface area contributed by atoms with Crippen molar-refractivity contribution in [2.75, 3.05) is 14.1 Å². The molecule has 0 aliphatic rings. The maximum Gasteiger partial charge on any atom is 0.444 e. The summed E-state index contributed by atoms with van der Waals surface area (Å²) < 4.78 is 9.81. The average molecular weight is 247 g/mol. The van der Waals surface area contributed by atoms with Crippen LogP contribution in [0, 0.1) is 0 Å². The minimum absolute atomic E-state index is 0.264. The lowest BCUT2D eigenvalue weighted by Crippen LogP contribution is -2.54. The smallest absolute Gasteiger partial charge is 0.444 e. The van der Waals surface area contributed by atoms with Crippen LogP contribution >= 0.6 is 0 Å². The molecule has 0 aromatic heterocycles. The van der Waals surface area contributed by atoms with Gasteiger partial charge in [0.1, 0.15) is 0 Å². The van der Waals surface area contributed by atoms with E-state index in [1.807, 2.05) is 0 Å². The van der Waals surface area contributed by atoms with Crippen molar-refractivity contribution in [3.8, 4) is 0 Å². The highest BCUT2D eigenvalue weighted by molar-refractivity contribution is 5.73. The molecule has 0 heterocycles. The average Bonchev–Trinajstić information content (AvgIpc) is 2.10. The summed E-state index contributed by atoms with van der Waals surface area (Å²) in [5, 5.41) is 2.32. The first-order chi connectivity index (χ1) is 7.73. The fourth-order valence-corrected chi connectivity index (χ4v) is 0.887. The van der Waals surface area contributed by atoms with Crippen LogP contribution in [0.15, 0.2) is 0 Å². The van der Waals surface area contributed by atoms with Crippen LogP contribution in [0.5, 0.6) is 0 Å². The summed E-state index contributed by atoms with van der Waals surface area (Å²) in [7, 11) is 3.19. The Morgan fingerprint density at radius 1 is 1.00 bits per heavy atom. The molecular weight excluding hydrogens is 226 g/mol. The highest BCUT2D eigenvalue weighted by Crippen LogP contribution is 1.98. The van der Waals surface area contributed by atoms with E-state index in [2.05, 4.69) is 5.43 Å². The first-order valence-corrected chi connectivity index (χ1v) is 5.39. The lowest BCUT2D eigenvalue weighted by atomic mass is 10.5. The largest absolute Gasteiger partial charge is 0.446 e. The molecule has 0 bridgehead atoms. The molecule has 0 aromatic carbocycles. The van der Waals surface area contributed by atoms with Crippen molar-refractivity contribution in [2.24, 2.45) is 0 Å². The Kier molecular flexibility index (Phi) is 6.34. The van der Waals surface area contributed by atoms with E-state index in [9.17, 15) is 9.59 Å². The number of amides is 2. The van der Waals surface area contributed by atoms with Crippen molar-refractivity contribution in [2.45, 2.75) is 39.9 Å². The van der Waals surface area contributed by atoms with E-state index in [1.54, 1.807) is 41.8 Å². The Balaban J connectivity index is 4.43. The maximum atomic E-state index is 11.6. The summed E-state index contributed by atoms with van der Waals surface area (Å²) in [6.07, 6.45) is -1.92. The molecule has 0 aliphatic carbocycles. The van der Waals surface area contributed by atoms with Gasteiger partial charge in [0.25, 0.3) is 0 Å². The molecular formula is C10H21N3O4. The summed E-state index contributed by atoms with van der Waals surface area (Å²) in [6, 6.07) is 0. The van der Waals surface area contributed by atoms with Crippen LogP contribution in [0.2, 0.25) is 0 Å². The van der Waals surface area contributed by atoms with Gasteiger partial charge in [0, 0.05) is 14.1 Å². The van der Waals surface area contributed by atoms with Crippen molar-refractivity contribution < 1.29 is 19.1 Å². The molecule has 1 N–H and O–H groups in total. The monoisotopic (exact) mass is 247 g/mol. The molecule has 0 aromatic rings. The third-order valence-electron chi connectivity index (χ3n) is 1.45. The molecule has 17 heavy (non-hydrogen) atoms. The van der Waals surface area contributed by atoms with Gasteiger partial charge in [-0.2, -0.15) is 0 Å². The molecule has 0 spiro atoms. The molecule has 7 nitrogen and oxygen atoms in total. The van der Waals surface area contributed by atoms with Crippen LogP contribution in [0.3, 0.4) is 0 Å². The van der Waals surface area contributed by atoms with E-state index < -0.39 is 12.2 Å². The number of hydrazine groups is 2. The molecule has 0 saturated heterocycles. The predicted molar refractivity (Wildman–Crippen MR) is 61.9 cm³/mol. The van der Waals surface area contributed by atoms with Gasteiger partial charge < -0.3 is 9.47 Å². The van der Waals surface area contributed by atoms with E-state index in [1.165, 1.54) is 5.01 Å². The standard InChI is InChI=1S/C10H21N3O4/c1-7(2)16-9(14)11-13(12(5)6)10(15)17-8(3)4/h7-8H,1-6H3,(H,11,14). The number of carbonyl (C=O) groups excluding carboxylic acids is 2. The fraction of sp³-hybridized carbons (Fsp3) is 0.800. The van der Waals surface area contributed by atoms with Gasteiger partial charge in [0.2, 0.25) is 0 Å². The molecule has 0 aliphatic heterocycles. The number of hydrogen-bond donors (Lipinski definition) is 1. The van der Waals surface area contributed by atoms with Gasteiger partial charge in [-0.05, 0) is 27.7 Å². The normalized spacial score (nSPS) is 10.6. The topological polar surface area (TPSA) is 71.1 Å². The van der Waals surface area contributed by atoms with Crippen LogP contribution in [0.1, 0.15) is 27.7 Å². The minimum Gasteiger partial charge on any atom is -0.446 e. The van der Waals surface area contributed by atoms with Gasteiger partial charge in [0.05, 0.1) is 12.2 Å². The molecule has 0 unspecified atom stereocenters. The summed E-state index contributed by atoms with van der Waals surface area (Å²) in [5.74, 6) is 0. The van der Waals surface area contributed by atoms with Crippen LogP contribution in [-0.4, -0.2) is 48.6 Å². The second-order valence-electron chi connectivity index (χ2n) is 4.16. The number of ether oxygens (including phenoxy) is 2. The predicted octanol–water partition coefficient (Wildman–Crippen LogP) is 1.36. The third-order valence-corrected chi connectivity index (χ3v) is 1.45. The lowest BCUT2D eigenvalue weighted by molar-refractivity contribution is -0.0355. The van der Waals surface area contributed by atoms with Crippen molar-refractivity contribution in [1.82, 2.24) is 15.6 Å². The molecule has 0 atom stereocenters. The minimum atomic E-state index is -0.714. The summed E-state index contributed by atoms with van der Waals surface area (Å²) in [4.78, 5) is 23.0. The Morgan fingerprint density at radius 2 is 1.47 bits per heavy atom. The maximum absolute atomic E-state index is 11.6. The number of nitrogens with zero attached hydrogens (tertiary/aromatic N) is 2. The summed E-state index contributed by atoms with van der Waals surface area (Å²) >= 11 is 0. The molecule has 0 radical (unpaired) electrons. The third kappa shape index (κ3) is 6.62. The summed E-state index contributed by atoms with van der Waals surface area (Å²) in [6.45, 7) is 6.87. The van der Waals surface area contributed by atoms with Gasteiger partial charge in [-0.1, -0.05) is 0 Å². The molecule has 7 heteroatoms. The molecule has 0 rings (SSSR count). The highest BCUT2D eigenvalue weighted by Gasteiger charge is 2.22. The fourth-order valence-electron chi connectivity index (χ4n) is 0.887. The molecule has 0 fully saturated rings. The van der Waals surface area contributed by atoms with Crippen LogP contribution in [0.25, 0.3) is 0 Å². The number of hydrogen-bond acceptors (Lipinski definition) is 5. The Hall–Kier alpha value is -1.50. The van der Waals surface area contributed by atoms with Gasteiger partial charge >= 0.3 is 12.2 Å². The number of nitrogens with one attached hydrogen (secondary N) is 1. The SMILES string of the molecule is CC(C)OC(=O)NN(C(=O)OC(C)C)N(C)C. The highest BCUT2D eigenvalue weighted by atomic mass is 16.6. The van der Waals surface area contributed by atoms with Gasteiger partial charge in [-0.25, -0.2) is 20.0 Å². The van der Waals surface area contributed by atoms with E-state index >= 15 is 0 Å². The Bertz CT molecular complexity index is 266. The Labute approximate surface area is 102 Å². The summed E-state index contributed by atoms with van der Waals surface area (Å²) in [5.41, 5.74) is 2.28. The van der Waals surface area contributed by atoms with Gasteiger partial charge in [0.15, 0.2) is 0 Å².